The number of hydrogen-bond acceptors (Lipinski definition) is 3. The number of methoxy groups -OCH3 is 3. The van der Waals surface area contributed by atoms with E-state index < -0.39 is 5.97 Å². The molecule has 3 nitrogen and oxygen atoms in total. The van der Waals surface area contributed by atoms with Gasteiger partial charge >= 0.3 is 0 Å². The van der Waals surface area contributed by atoms with E-state index in [9.17, 15) is 0 Å². The van der Waals surface area contributed by atoms with Crippen LogP contribution in [0.2, 0.25) is 0 Å². The highest BCUT2D eigenvalue weighted by molar-refractivity contribution is 4.66. The molecule has 0 aliphatic rings. The number of hydrogen-bond donors (Lipinski definition) is 0. The quantitative estimate of drug-likeness (QED) is 0.249. The van der Waals surface area contributed by atoms with Crippen LogP contribution in [-0.4, -0.2) is 27.3 Å². The van der Waals surface area contributed by atoms with Gasteiger partial charge in [-0.3, -0.25) is 0 Å². The van der Waals surface area contributed by atoms with Crippen molar-refractivity contribution < 1.29 is 14.2 Å². The van der Waals surface area contributed by atoms with Gasteiger partial charge in [0, 0.05) is 27.8 Å². The van der Waals surface area contributed by atoms with Crippen molar-refractivity contribution in [3.05, 3.63) is 0 Å². The van der Waals surface area contributed by atoms with Gasteiger partial charge in [0.2, 0.25) is 0 Å². The molecule has 0 aliphatic carbocycles. The van der Waals surface area contributed by atoms with E-state index in [0.29, 0.717) is 5.41 Å². The predicted octanol–water partition coefficient (Wildman–Crippen LogP) is 6.55. The molecular formula is C21H44O3. The van der Waals surface area contributed by atoms with Crippen LogP contribution in [0.15, 0.2) is 0 Å². The van der Waals surface area contributed by atoms with Crippen molar-refractivity contribution in [3.63, 3.8) is 0 Å². The first-order chi connectivity index (χ1) is 11.3. The fourth-order valence-corrected chi connectivity index (χ4v) is 3.60. The van der Waals surface area contributed by atoms with Gasteiger partial charge in [-0.2, -0.15) is 0 Å². The highest BCUT2D eigenvalue weighted by Gasteiger charge is 2.28. The van der Waals surface area contributed by atoms with E-state index in [2.05, 4.69) is 27.7 Å². The Morgan fingerprint density at radius 1 is 0.667 bits per heavy atom. The van der Waals surface area contributed by atoms with Crippen LogP contribution >= 0.6 is 0 Å². The highest BCUT2D eigenvalue weighted by atomic mass is 16.9. The summed E-state index contributed by atoms with van der Waals surface area (Å²) >= 11 is 0. The maximum Gasteiger partial charge on any atom is 0.282 e. The first kappa shape index (κ1) is 23.9. The molecule has 0 aromatic rings. The van der Waals surface area contributed by atoms with Gasteiger partial charge in [-0.05, 0) is 24.2 Å². The van der Waals surface area contributed by atoms with E-state index in [1.165, 1.54) is 57.8 Å². The van der Waals surface area contributed by atoms with Crippen LogP contribution in [0, 0.1) is 11.3 Å². The van der Waals surface area contributed by atoms with Crippen molar-refractivity contribution in [2.45, 2.75) is 104 Å². The van der Waals surface area contributed by atoms with Gasteiger partial charge in [-0.25, -0.2) is 0 Å². The molecule has 0 aromatic carbocycles. The fraction of sp³-hybridized carbons (Fsp3) is 1.00. The summed E-state index contributed by atoms with van der Waals surface area (Å²) in [5, 5.41) is 0. The minimum absolute atomic E-state index is 0.478. The second kappa shape index (κ2) is 13.1. The Bertz CT molecular complexity index is 271. The first-order valence-electron chi connectivity index (χ1n) is 9.94. The molecule has 0 aromatic heterocycles. The Kier molecular flexibility index (Phi) is 13.1. The van der Waals surface area contributed by atoms with Gasteiger partial charge in [-0.1, -0.05) is 79.1 Å². The van der Waals surface area contributed by atoms with Crippen LogP contribution in [-0.2, 0) is 14.2 Å². The van der Waals surface area contributed by atoms with E-state index in [1.807, 2.05) is 0 Å². The number of ether oxygens (including phenoxy) is 3. The zero-order chi connectivity index (χ0) is 18.5. The molecule has 3 heteroatoms. The predicted molar refractivity (Wildman–Crippen MR) is 103 cm³/mol. The van der Waals surface area contributed by atoms with Crippen LogP contribution < -0.4 is 0 Å². The van der Waals surface area contributed by atoms with Crippen LogP contribution in [0.1, 0.15) is 98.3 Å². The largest absolute Gasteiger partial charge is 0.331 e. The minimum atomic E-state index is -0.844. The second-order valence-electron chi connectivity index (χ2n) is 8.53. The lowest BCUT2D eigenvalue weighted by Gasteiger charge is -2.28. The van der Waals surface area contributed by atoms with Crippen molar-refractivity contribution in [3.8, 4) is 0 Å². The molecule has 146 valence electrons. The van der Waals surface area contributed by atoms with Gasteiger partial charge in [-0.15, -0.1) is 0 Å². The zero-order valence-electron chi connectivity index (χ0n) is 17.6. The smallest absolute Gasteiger partial charge is 0.282 e. The first-order valence-corrected chi connectivity index (χ1v) is 9.94. The zero-order valence-corrected chi connectivity index (χ0v) is 17.6. The molecule has 0 saturated carbocycles. The molecule has 0 saturated heterocycles. The number of rotatable bonds is 15. The molecule has 1 atom stereocenters. The molecule has 0 heterocycles. The van der Waals surface area contributed by atoms with Gasteiger partial charge in [0.25, 0.3) is 5.97 Å². The Balaban J connectivity index is 3.46. The monoisotopic (exact) mass is 344 g/mol. The summed E-state index contributed by atoms with van der Waals surface area (Å²) in [6, 6.07) is 0. The SMILES string of the molecule is COC(CCCCCCCCCCC(C)CC(C)(C)C)(OC)OC. The van der Waals surface area contributed by atoms with Crippen molar-refractivity contribution in [1.82, 2.24) is 0 Å². The Hall–Kier alpha value is -0.120. The topological polar surface area (TPSA) is 27.7 Å². The van der Waals surface area contributed by atoms with Crippen molar-refractivity contribution in [1.29, 1.82) is 0 Å². The summed E-state index contributed by atoms with van der Waals surface area (Å²) in [4.78, 5) is 0. The molecule has 0 amide bonds. The van der Waals surface area contributed by atoms with E-state index in [4.69, 9.17) is 14.2 Å². The van der Waals surface area contributed by atoms with E-state index in [-0.39, 0.29) is 0 Å². The average molecular weight is 345 g/mol. The molecular weight excluding hydrogens is 300 g/mol. The van der Waals surface area contributed by atoms with Crippen molar-refractivity contribution >= 4 is 0 Å². The summed E-state index contributed by atoms with van der Waals surface area (Å²) in [7, 11) is 4.90. The highest BCUT2D eigenvalue weighted by Crippen LogP contribution is 2.27. The summed E-state index contributed by atoms with van der Waals surface area (Å²) in [5.41, 5.74) is 0.478. The summed E-state index contributed by atoms with van der Waals surface area (Å²) in [6.07, 6.45) is 14.0. The summed E-state index contributed by atoms with van der Waals surface area (Å²) < 4.78 is 15.9. The average Bonchev–Trinajstić information content (AvgIpc) is 2.52. The molecule has 0 bridgehead atoms. The Morgan fingerprint density at radius 3 is 1.50 bits per heavy atom. The molecule has 0 N–H and O–H groups in total. The maximum atomic E-state index is 5.31. The minimum Gasteiger partial charge on any atom is -0.331 e. The third-order valence-electron chi connectivity index (χ3n) is 4.82. The molecule has 1 unspecified atom stereocenters. The normalized spacial score (nSPS) is 14.1. The van der Waals surface area contributed by atoms with Crippen LogP contribution in [0.25, 0.3) is 0 Å². The Morgan fingerprint density at radius 2 is 1.08 bits per heavy atom. The molecule has 0 aliphatic heterocycles. The maximum absolute atomic E-state index is 5.31. The van der Waals surface area contributed by atoms with Crippen LogP contribution in [0.5, 0.6) is 0 Å². The van der Waals surface area contributed by atoms with Crippen LogP contribution in [0.3, 0.4) is 0 Å². The third-order valence-corrected chi connectivity index (χ3v) is 4.82. The standard InChI is InChI=1S/C21H44O3/c1-19(18-20(2,3)4)16-14-12-10-8-9-11-13-15-17-21(22-5,23-6)24-7/h19H,8-18H2,1-7H3. The Labute approximate surface area is 151 Å². The second-order valence-corrected chi connectivity index (χ2v) is 8.53. The molecule has 0 fully saturated rings. The van der Waals surface area contributed by atoms with Crippen molar-refractivity contribution in [2.24, 2.45) is 11.3 Å². The van der Waals surface area contributed by atoms with Gasteiger partial charge < -0.3 is 14.2 Å². The number of unbranched alkanes of at least 4 members (excludes halogenated alkanes) is 7. The molecule has 0 spiro atoms. The van der Waals surface area contributed by atoms with Gasteiger partial charge in [0.1, 0.15) is 0 Å². The lowest BCUT2D eigenvalue weighted by Crippen LogP contribution is -2.35. The fourth-order valence-electron chi connectivity index (χ4n) is 3.60. The lowest BCUT2D eigenvalue weighted by molar-refractivity contribution is -0.355. The summed E-state index contributed by atoms with van der Waals surface area (Å²) in [5.74, 6) is 0.0247. The van der Waals surface area contributed by atoms with E-state index in [0.717, 1.165) is 18.8 Å². The molecule has 0 radical (unpaired) electrons. The van der Waals surface area contributed by atoms with Crippen LogP contribution in [0.4, 0.5) is 0 Å². The third kappa shape index (κ3) is 12.3. The van der Waals surface area contributed by atoms with E-state index in [1.54, 1.807) is 21.3 Å². The molecule has 24 heavy (non-hydrogen) atoms. The van der Waals surface area contributed by atoms with Crippen molar-refractivity contribution in [2.75, 3.05) is 21.3 Å². The van der Waals surface area contributed by atoms with Gasteiger partial charge in [0.05, 0.1) is 0 Å². The summed E-state index contributed by atoms with van der Waals surface area (Å²) in [6.45, 7) is 9.45. The molecule has 0 rings (SSSR count). The lowest BCUT2D eigenvalue weighted by atomic mass is 9.83. The van der Waals surface area contributed by atoms with Gasteiger partial charge in [0.15, 0.2) is 0 Å². The van der Waals surface area contributed by atoms with E-state index >= 15 is 0 Å².